The van der Waals surface area contributed by atoms with Crippen LogP contribution in [0.5, 0.6) is 5.75 Å². The summed E-state index contributed by atoms with van der Waals surface area (Å²) in [4.78, 5) is 10.4. The molecule has 0 fully saturated rings. The molecule has 0 amide bonds. The summed E-state index contributed by atoms with van der Waals surface area (Å²) < 4.78 is 5.48. The molecule has 2 nitrogen and oxygen atoms in total. The minimum Gasteiger partial charge on any atom is -0.496 e. The highest BCUT2D eigenvalue weighted by molar-refractivity contribution is 5.79. The molecule has 0 saturated carbocycles. The molecule has 0 saturated heterocycles. The average molecular weight is 252 g/mol. The molecule has 2 aromatic carbocycles. The van der Waals surface area contributed by atoms with Crippen molar-refractivity contribution in [2.75, 3.05) is 7.11 Å². The molecule has 2 heteroatoms. The van der Waals surface area contributed by atoms with Crippen molar-refractivity contribution < 1.29 is 9.53 Å². The molecule has 96 valence electrons. The van der Waals surface area contributed by atoms with Crippen molar-refractivity contribution in [2.45, 2.75) is 6.92 Å². The molecule has 2 aromatic rings. The van der Waals surface area contributed by atoms with Gasteiger partial charge in [-0.1, -0.05) is 42.5 Å². The number of aryl methyl sites for hydroxylation is 1. The molecular formula is C17H16O2. The van der Waals surface area contributed by atoms with Gasteiger partial charge in [-0.3, -0.25) is 4.79 Å². The lowest BCUT2D eigenvalue weighted by Crippen LogP contribution is -1.92. The SMILES string of the molecule is COc1cc(/C=C/C=O)cc(C)c1-c1ccccc1. The minimum absolute atomic E-state index is 0.771. The third-order valence-corrected chi connectivity index (χ3v) is 2.97. The molecule has 0 aliphatic rings. The molecule has 0 bridgehead atoms. The zero-order valence-electron chi connectivity index (χ0n) is 11.1. The molecule has 2 rings (SSSR count). The molecule has 0 aliphatic heterocycles. The van der Waals surface area contributed by atoms with Crippen LogP contribution in [0.3, 0.4) is 0 Å². The standard InChI is InChI=1S/C17H16O2/c1-13-11-14(7-6-10-18)12-16(19-2)17(13)15-8-4-3-5-9-15/h3-12H,1-2H3/b7-6+. The fraction of sp³-hybridized carbons (Fsp3) is 0.118. The Bertz CT molecular complexity index is 598. The first-order chi connectivity index (χ1) is 9.26. The Labute approximate surface area is 113 Å². The van der Waals surface area contributed by atoms with Crippen LogP contribution in [0.1, 0.15) is 11.1 Å². The van der Waals surface area contributed by atoms with Crippen LogP contribution in [0.2, 0.25) is 0 Å². The number of allylic oxidation sites excluding steroid dienone is 1. The Balaban J connectivity index is 2.56. The van der Waals surface area contributed by atoms with Crippen LogP contribution >= 0.6 is 0 Å². The van der Waals surface area contributed by atoms with Gasteiger partial charge in [0.25, 0.3) is 0 Å². The lowest BCUT2D eigenvalue weighted by Gasteiger charge is -2.13. The summed E-state index contributed by atoms with van der Waals surface area (Å²) in [5.41, 5.74) is 4.30. The second kappa shape index (κ2) is 6.01. The van der Waals surface area contributed by atoms with Crippen LogP contribution in [-0.4, -0.2) is 13.4 Å². The molecule has 0 atom stereocenters. The van der Waals surface area contributed by atoms with Gasteiger partial charge in [0.2, 0.25) is 0 Å². The van der Waals surface area contributed by atoms with Gasteiger partial charge in [0.15, 0.2) is 0 Å². The third-order valence-electron chi connectivity index (χ3n) is 2.97. The van der Waals surface area contributed by atoms with Crippen LogP contribution in [-0.2, 0) is 4.79 Å². The Morgan fingerprint density at radius 1 is 1.11 bits per heavy atom. The largest absolute Gasteiger partial charge is 0.496 e. The second-order valence-corrected chi connectivity index (χ2v) is 4.28. The van der Waals surface area contributed by atoms with E-state index in [0.29, 0.717) is 0 Å². The number of carbonyl (C=O) groups is 1. The maximum Gasteiger partial charge on any atom is 0.142 e. The first-order valence-corrected chi connectivity index (χ1v) is 6.12. The van der Waals surface area contributed by atoms with E-state index in [1.54, 1.807) is 13.2 Å². The van der Waals surface area contributed by atoms with Crippen molar-refractivity contribution in [1.82, 2.24) is 0 Å². The van der Waals surface area contributed by atoms with Crippen molar-refractivity contribution >= 4 is 12.4 Å². The van der Waals surface area contributed by atoms with Gasteiger partial charge in [-0.2, -0.15) is 0 Å². The van der Waals surface area contributed by atoms with E-state index in [2.05, 4.69) is 12.1 Å². The van der Waals surface area contributed by atoms with Gasteiger partial charge in [0, 0.05) is 5.56 Å². The molecular weight excluding hydrogens is 236 g/mol. The van der Waals surface area contributed by atoms with Gasteiger partial charge >= 0.3 is 0 Å². The van der Waals surface area contributed by atoms with E-state index in [4.69, 9.17) is 4.74 Å². The highest BCUT2D eigenvalue weighted by Crippen LogP contribution is 2.34. The van der Waals surface area contributed by atoms with Gasteiger partial charge in [-0.05, 0) is 35.8 Å². The van der Waals surface area contributed by atoms with Crippen LogP contribution in [0.15, 0.2) is 48.5 Å². The molecule has 0 unspecified atom stereocenters. The highest BCUT2D eigenvalue weighted by atomic mass is 16.5. The van der Waals surface area contributed by atoms with Crippen molar-refractivity contribution in [3.8, 4) is 16.9 Å². The first-order valence-electron chi connectivity index (χ1n) is 6.12. The van der Waals surface area contributed by atoms with Gasteiger partial charge in [-0.25, -0.2) is 0 Å². The summed E-state index contributed by atoms with van der Waals surface area (Å²) in [5, 5.41) is 0. The van der Waals surface area contributed by atoms with E-state index in [9.17, 15) is 4.79 Å². The van der Waals surface area contributed by atoms with Crippen LogP contribution in [0.4, 0.5) is 0 Å². The Morgan fingerprint density at radius 2 is 1.84 bits per heavy atom. The maximum absolute atomic E-state index is 10.4. The van der Waals surface area contributed by atoms with Crippen molar-refractivity contribution in [3.63, 3.8) is 0 Å². The molecule has 0 aromatic heterocycles. The van der Waals surface area contributed by atoms with Gasteiger partial charge in [0.1, 0.15) is 12.0 Å². The summed E-state index contributed by atoms with van der Waals surface area (Å²) in [6, 6.07) is 14.1. The summed E-state index contributed by atoms with van der Waals surface area (Å²) in [5.74, 6) is 0.816. The summed E-state index contributed by atoms with van der Waals surface area (Å²) in [6.45, 7) is 2.04. The minimum atomic E-state index is 0.771. The Kier molecular flexibility index (Phi) is 4.14. The van der Waals surface area contributed by atoms with E-state index in [1.807, 2.05) is 37.3 Å². The Hall–Kier alpha value is -2.35. The quantitative estimate of drug-likeness (QED) is 0.609. The molecule has 0 spiro atoms. The third kappa shape index (κ3) is 2.91. The fourth-order valence-electron chi connectivity index (χ4n) is 2.16. The van der Waals surface area contributed by atoms with E-state index >= 15 is 0 Å². The van der Waals surface area contributed by atoms with Gasteiger partial charge in [-0.15, -0.1) is 0 Å². The van der Waals surface area contributed by atoms with Crippen LogP contribution in [0.25, 0.3) is 17.2 Å². The number of carbonyl (C=O) groups excluding carboxylic acids is 1. The van der Waals surface area contributed by atoms with E-state index in [-0.39, 0.29) is 0 Å². The number of methoxy groups -OCH3 is 1. The number of ether oxygens (including phenoxy) is 1. The summed E-state index contributed by atoms with van der Waals surface area (Å²) in [7, 11) is 1.66. The molecule has 0 aliphatic carbocycles. The zero-order valence-corrected chi connectivity index (χ0v) is 11.1. The number of aldehydes is 1. The number of benzene rings is 2. The van der Waals surface area contributed by atoms with E-state index in [0.717, 1.165) is 34.3 Å². The number of rotatable bonds is 4. The van der Waals surface area contributed by atoms with Gasteiger partial charge in [0.05, 0.1) is 7.11 Å². The highest BCUT2D eigenvalue weighted by Gasteiger charge is 2.09. The van der Waals surface area contributed by atoms with E-state index < -0.39 is 0 Å². The van der Waals surface area contributed by atoms with Gasteiger partial charge < -0.3 is 4.74 Å². The predicted octanol–water partition coefficient (Wildman–Crippen LogP) is 3.88. The molecule has 0 N–H and O–H groups in total. The lowest BCUT2D eigenvalue weighted by molar-refractivity contribution is -0.104. The van der Waals surface area contributed by atoms with Crippen molar-refractivity contribution in [2.24, 2.45) is 0 Å². The zero-order chi connectivity index (χ0) is 13.7. The van der Waals surface area contributed by atoms with Crippen LogP contribution in [0, 0.1) is 6.92 Å². The molecule has 0 radical (unpaired) electrons. The number of hydrogen-bond acceptors (Lipinski definition) is 2. The first kappa shape index (κ1) is 13.1. The fourth-order valence-corrected chi connectivity index (χ4v) is 2.16. The predicted molar refractivity (Wildman–Crippen MR) is 78.3 cm³/mol. The Morgan fingerprint density at radius 3 is 2.47 bits per heavy atom. The summed E-state index contributed by atoms with van der Waals surface area (Å²) >= 11 is 0. The summed E-state index contributed by atoms with van der Waals surface area (Å²) in [6.07, 6.45) is 4.03. The average Bonchev–Trinajstić information content (AvgIpc) is 2.45. The second-order valence-electron chi connectivity index (χ2n) is 4.28. The van der Waals surface area contributed by atoms with Crippen molar-refractivity contribution in [3.05, 3.63) is 59.7 Å². The molecule has 0 heterocycles. The maximum atomic E-state index is 10.4. The van der Waals surface area contributed by atoms with Crippen LogP contribution < -0.4 is 4.74 Å². The monoisotopic (exact) mass is 252 g/mol. The normalized spacial score (nSPS) is 10.6. The topological polar surface area (TPSA) is 26.3 Å². The van der Waals surface area contributed by atoms with Crippen molar-refractivity contribution in [1.29, 1.82) is 0 Å². The smallest absolute Gasteiger partial charge is 0.142 e. The number of hydrogen-bond donors (Lipinski definition) is 0. The lowest BCUT2D eigenvalue weighted by atomic mass is 9.97. The molecule has 19 heavy (non-hydrogen) atoms. The van der Waals surface area contributed by atoms with E-state index in [1.165, 1.54) is 6.08 Å².